The third kappa shape index (κ3) is 5.69. The molecule has 0 radical (unpaired) electrons. The van der Waals surface area contributed by atoms with E-state index in [1.54, 1.807) is 0 Å². The van der Waals surface area contributed by atoms with Crippen LogP contribution in [0.2, 0.25) is 0 Å². The highest BCUT2D eigenvalue weighted by Gasteiger charge is 1.97. The summed E-state index contributed by atoms with van der Waals surface area (Å²) in [5.41, 5.74) is 1.24. The zero-order valence-corrected chi connectivity index (χ0v) is 10.1. The fourth-order valence-electron chi connectivity index (χ4n) is 1.38. The van der Waals surface area contributed by atoms with Gasteiger partial charge in [-0.2, -0.15) is 0 Å². The lowest BCUT2D eigenvalue weighted by atomic mass is 10.2. The van der Waals surface area contributed by atoms with Crippen molar-refractivity contribution in [3.8, 4) is 0 Å². The molecule has 1 aromatic rings. The number of hydrogen-bond donors (Lipinski definition) is 1. The minimum absolute atomic E-state index is 0.403. The van der Waals surface area contributed by atoms with E-state index in [1.165, 1.54) is 5.56 Å². The highest BCUT2D eigenvalue weighted by molar-refractivity contribution is 5.48. The van der Waals surface area contributed by atoms with Gasteiger partial charge in [0.15, 0.2) is 0 Å². The zero-order chi connectivity index (χ0) is 11.6. The normalized spacial score (nSPS) is 13.1. The fourth-order valence-corrected chi connectivity index (χ4v) is 1.38. The lowest BCUT2D eigenvalue weighted by molar-refractivity contribution is 0.128. The van der Waals surface area contributed by atoms with Gasteiger partial charge < -0.3 is 10.1 Å². The molecule has 0 saturated heterocycles. The van der Waals surface area contributed by atoms with Crippen LogP contribution in [0, 0.1) is 0 Å². The SMILES string of the molecule is CCOCC(C)NCC=Cc1ccccc1. The summed E-state index contributed by atoms with van der Waals surface area (Å²) < 4.78 is 5.32. The molecule has 0 bridgehead atoms. The molecule has 0 aromatic heterocycles. The maximum atomic E-state index is 5.32. The first kappa shape index (κ1) is 12.9. The third-order valence-electron chi connectivity index (χ3n) is 2.27. The van der Waals surface area contributed by atoms with Crippen molar-refractivity contribution in [3.63, 3.8) is 0 Å². The Labute approximate surface area is 98.3 Å². The Hall–Kier alpha value is -1.12. The Morgan fingerprint density at radius 2 is 2.06 bits per heavy atom. The van der Waals surface area contributed by atoms with Gasteiger partial charge in [-0.25, -0.2) is 0 Å². The van der Waals surface area contributed by atoms with E-state index in [0.29, 0.717) is 6.04 Å². The molecule has 16 heavy (non-hydrogen) atoms. The molecule has 88 valence electrons. The van der Waals surface area contributed by atoms with Gasteiger partial charge in [-0.1, -0.05) is 42.5 Å². The lowest BCUT2D eigenvalue weighted by Crippen LogP contribution is -2.30. The molecule has 0 aliphatic rings. The largest absolute Gasteiger partial charge is 0.380 e. The molecule has 0 spiro atoms. The van der Waals surface area contributed by atoms with Crippen molar-refractivity contribution in [1.82, 2.24) is 5.32 Å². The van der Waals surface area contributed by atoms with Crippen LogP contribution in [-0.2, 0) is 4.74 Å². The van der Waals surface area contributed by atoms with Gasteiger partial charge in [-0.15, -0.1) is 0 Å². The van der Waals surface area contributed by atoms with Crippen LogP contribution in [0.25, 0.3) is 6.08 Å². The first-order valence-corrected chi connectivity index (χ1v) is 5.85. The number of rotatable bonds is 7. The van der Waals surface area contributed by atoms with Crippen LogP contribution < -0.4 is 5.32 Å². The van der Waals surface area contributed by atoms with Crippen LogP contribution in [-0.4, -0.2) is 25.8 Å². The average Bonchev–Trinajstić information content (AvgIpc) is 2.33. The second-order valence-corrected chi connectivity index (χ2v) is 3.78. The first-order chi connectivity index (χ1) is 7.83. The van der Waals surface area contributed by atoms with E-state index < -0.39 is 0 Å². The van der Waals surface area contributed by atoms with Gasteiger partial charge in [-0.05, 0) is 19.4 Å². The molecule has 2 heteroatoms. The molecule has 1 atom stereocenters. The molecule has 1 aromatic carbocycles. The summed E-state index contributed by atoms with van der Waals surface area (Å²) in [7, 11) is 0. The summed E-state index contributed by atoms with van der Waals surface area (Å²) in [5, 5.41) is 3.38. The zero-order valence-electron chi connectivity index (χ0n) is 10.1. The summed E-state index contributed by atoms with van der Waals surface area (Å²) in [6.07, 6.45) is 4.26. The van der Waals surface area contributed by atoms with Crippen molar-refractivity contribution in [2.24, 2.45) is 0 Å². The summed E-state index contributed by atoms with van der Waals surface area (Å²) in [6.45, 7) is 6.58. The Balaban J connectivity index is 2.17. The van der Waals surface area contributed by atoms with E-state index in [1.807, 2.05) is 25.1 Å². The van der Waals surface area contributed by atoms with Crippen LogP contribution in [0.4, 0.5) is 0 Å². The van der Waals surface area contributed by atoms with E-state index in [4.69, 9.17) is 4.74 Å². The number of benzene rings is 1. The van der Waals surface area contributed by atoms with Gasteiger partial charge in [-0.3, -0.25) is 0 Å². The van der Waals surface area contributed by atoms with Crippen molar-refractivity contribution < 1.29 is 4.74 Å². The van der Waals surface area contributed by atoms with Gasteiger partial charge >= 0.3 is 0 Å². The van der Waals surface area contributed by atoms with E-state index in [9.17, 15) is 0 Å². The monoisotopic (exact) mass is 219 g/mol. The van der Waals surface area contributed by atoms with Crippen LogP contribution in [0.3, 0.4) is 0 Å². The standard InChI is InChI=1S/C14H21NO/c1-3-16-12-13(2)15-11-7-10-14-8-5-4-6-9-14/h4-10,13,15H,3,11-12H2,1-2H3. The fraction of sp³-hybridized carbons (Fsp3) is 0.429. The molecular formula is C14H21NO. The van der Waals surface area contributed by atoms with Crippen molar-refractivity contribution >= 4 is 6.08 Å². The highest BCUT2D eigenvalue weighted by atomic mass is 16.5. The highest BCUT2D eigenvalue weighted by Crippen LogP contribution is 2.00. The summed E-state index contributed by atoms with van der Waals surface area (Å²) >= 11 is 0. The summed E-state index contributed by atoms with van der Waals surface area (Å²) in [5.74, 6) is 0. The number of ether oxygens (including phenoxy) is 1. The Morgan fingerprint density at radius 1 is 1.31 bits per heavy atom. The summed E-state index contributed by atoms with van der Waals surface area (Å²) in [6, 6.07) is 10.7. The minimum atomic E-state index is 0.403. The van der Waals surface area contributed by atoms with Crippen LogP contribution in [0.1, 0.15) is 19.4 Å². The second kappa shape index (κ2) is 8.08. The smallest absolute Gasteiger partial charge is 0.0616 e. The van der Waals surface area contributed by atoms with E-state index >= 15 is 0 Å². The molecule has 0 heterocycles. The van der Waals surface area contributed by atoms with Crippen molar-refractivity contribution in [2.45, 2.75) is 19.9 Å². The van der Waals surface area contributed by atoms with Gasteiger partial charge in [0.2, 0.25) is 0 Å². The molecule has 1 rings (SSSR count). The molecular weight excluding hydrogens is 198 g/mol. The molecule has 2 nitrogen and oxygen atoms in total. The van der Waals surface area contributed by atoms with E-state index in [-0.39, 0.29) is 0 Å². The average molecular weight is 219 g/mol. The molecule has 1 N–H and O–H groups in total. The number of hydrogen-bond acceptors (Lipinski definition) is 2. The van der Waals surface area contributed by atoms with E-state index in [2.05, 4.69) is 36.5 Å². The minimum Gasteiger partial charge on any atom is -0.380 e. The van der Waals surface area contributed by atoms with Gasteiger partial charge in [0, 0.05) is 19.2 Å². The van der Waals surface area contributed by atoms with Crippen molar-refractivity contribution in [2.75, 3.05) is 19.8 Å². The first-order valence-electron chi connectivity index (χ1n) is 5.85. The maximum absolute atomic E-state index is 5.32. The van der Waals surface area contributed by atoms with E-state index in [0.717, 1.165) is 19.8 Å². The molecule has 1 unspecified atom stereocenters. The summed E-state index contributed by atoms with van der Waals surface area (Å²) in [4.78, 5) is 0. The van der Waals surface area contributed by atoms with Gasteiger partial charge in [0.05, 0.1) is 6.61 Å². The molecule has 0 saturated carbocycles. The van der Waals surface area contributed by atoms with Crippen LogP contribution in [0.15, 0.2) is 36.4 Å². The quantitative estimate of drug-likeness (QED) is 0.761. The molecule has 0 aliphatic heterocycles. The van der Waals surface area contributed by atoms with Crippen molar-refractivity contribution in [3.05, 3.63) is 42.0 Å². The molecule has 0 fully saturated rings. The van der Waals surface area contributed by atoms with Crippen LogP contribution >= 0.6 is 0 Å². The van der Waals surface area contributed by atoms with Crippen LogP contribution in [0.5, 0.6) is 0 Å². The molecule has 0 amide bonds. The predicted molar refractivity (Wildman–Crippen MR) is 69.4 cm³/mol. The number of nitrogens with one attached hydrogen (secondary N) is 1. The maximum Gasteiger partial charge on any atom is 0.0616 e. The predicted octanol–water partition coefficient (Wildman–Crippen LogP) is 2.71. The molecule has 0 aliphatic carbocycles. The van der Waals surface area contributed by atoms with Gasteiger partial charge in [0.1, 0.15) is 0 Å². The van der Waals surface area contributed by atoms with Crippen molar-refractivity contribution in [1.29, 1.82) is 0 Å². The lowest BCUT2D eigenvalue weighted by Gasteiger charge is -2.11. The Morgan fingerprint density at radius 3 is 2.75 bits per heavy atom. The Kier molecular flexibility index (Phi) is 6.54. The Bertz CT molecular complexity index is 295. The second-order valence-electron chi connectivity index (χ2n) is 3.78. The van der Waals surface area contributed by atoms with Gasteiger partial charge in [0.25, 0.3) is 0 Å². The topological polar surface area (TPSA) is 21.3 Å². The third-order valence-corrected chi connectivity index (χ3v) is 2.27.